The number of phenolic OH excluding ortho intramolecular Hbond substituents is 2. The molecule has 0 radical (unpaired) electrons. The van der Waals surface area contributed by atoms with Crippen molar-refractivity contribution in [2.75, 3.05) is 0 Å². The van der Waals surface area contributed by atoms with E-state index in [1.54, 1.807) is 0 Å². The van der Waals surface area contributed by atoms with Crippen LogP contribution in [-0.2, 0) is 31.1 Å². The van der Waals surface area contributed by atoms with Crippen LogP contribution in [-0.4, -0.2) is 10.2 Å². The molecule has 0 aliphatic heterocycles. The third-order valence-corrected chi connectivity index (χ3v) is 6.03. The van der Waals surface area contributed by atoms with E-state index in [-0.39, 0.29) is 5.41 Å². The molecular weight excluding hydrogens is 356 g/mol. The van der Waals surface area contributed by atoms with Crippen molar-refractivity contribution in [3.05, 3.63) is 57.6 Å². The summed E-state index contributed by atoms with van der Waals surface area (Å²) < 4.78 is 0. The number of aryl methyl sites for hydroxylation is 4. The number of hydrogen-bond acceptors (Lipinski definition) is 2. The first-order valence-electron chi connectivity index (χ1n) is 11.5. The average molecular weight is 397 g/mol. The standard InChI is InChI=1S/C27H40O2/c1-7-11-19-17-25(28)21(13-9-3)15-23(19)27(5,6)24-16-22(14-10-4)26(29)18-20(24)12-8-2/h15-18,28-29H,7-14H2,1-6H3. The van der Waals surface area contributed by atoms with Gasteiger partial charge in [0.2, 0.25) is 0 Å². The fourth-order valence-electron chi connectivity index (χ4n) is 4.55. The number of benzene rings is 2. The minimum atomic E-state index is -0.193. The lowest BCUT2D eigenvalue weighted by molar-refractivity contribution is 0.464. The van der Waals surface area contributed by atoms with E-state index in [2.05, 4.69) is 53.7 Å². The summed E-state index contributed by atoms with van der Waals surface area (Å²) in [5.41, 5.74) is 6.99. The number of aromatic hydroxyl groups is 2. The summed E-state index contributed by atoms with van der Waals surface area (Å²) >= 11 is 0. The molecule has 0 spiro atoms. The van der Waals surface area contributed by atoms with Crippen molar-refractivity contribution in [3.63, 3.8) is 0 Å². The second-order valence-electron chi connectivity index (χ2n) is 8.90. The van der Waals surface area contributed by atoms with E-state index in [1.807, 2.05) is 12.1 Å². The SMILES string of the molecule is CCCc1cc(C(C)(C)c2cc(CCC)c(O)cc2CCC)c(CCC)cc1O. The predicted octanol–water partition coefficient (Wildman–Crippen LogP) is 7.23. The maximum absolute atomic E-state index is 10.6. The van der Waals surface area contributed by atoms with Crippen molar-refractivity contribution >= 4 is 0 Å². The van der Waals surface area contributed by atoms with E-state index in [9.17, 15) is 10.2 Å². The van der Waals surface area contributed by atoms with E-state index in [0.29, 0.717) is 11.5 Å². The highest BCUT2D eigenvalue weighted by atomic mass is 16.3. The van der Waals surface area contributed by atoms with Gasteiger partial charge in [0.05, 0.1) is 0 Å². The predicted molar refractivity (Wildman–Crippen MR) is 124 cm³/mol. The van der Waals surface area contributed by atoms with Gasteiger partial charge in [-0.05, 0) is 71.2 Å². The fraction of sp³-hybridized carbons (Fsp3) is 0.556. The molecule has 0 bridgehead atoms. The van der Waals surface area contributed by atoms with Gasteiger partial charge in [-0.2, -0.15) is 0 Å². The molecule has 0 aliphatic carbocycles. The quantitative estimate of drug-likeness (QED) is 0.444. The zero-order valence-corrected chi connectivity index (χ0v) is 19.4. The maximum atomic E-state index is 10.6. The van der Waals surface area contributed by atoms with Crippen LogP contribution in [0.4, 0.5) is 0 Å². The zero-order chi connectivity index (χ0) is 21.6. The summed E-state index contributed by atoms with van der Waals surface area (Å²) in [6.07, 6.45) is 7.83. The van der Waals surface area contributed by atoms with Gasteiger partial charge in [0.1, 0.15) is 11.5 Å². The molecule has 0 heterocycles. The maximum Gasteiger partial charge on any atom is 0.119 e. The summed E-state index contributed by atoms with van der Waals surface area (Å²) in [6, 6.07) is 8.48. The fourth-order valence-corrected chi connectivity index (χ4v) is 4.55. The molecule has 2 heteroatoms. The molecule has 0 fully saturated rings. The molecule has 0 unspecified atom stereocenters. The minimum Gasteiger partial charge on any atom is -0.508 e. The lowest BCUT2D eigenvalue weighted by Gasteiger charge is -2.32. The summed E-state index contributed by atoms with van der Waals surface area (Å²) in [5.74, 6) is 0.863. The third-order valence-electron chi connectivity index (χ3n) is 6.03. The first-order chi connectivity index (χ1) is 13.8. The molecule has 2 nitrogen and oxygen atoms in total. The molecule has 0 saturated heterocycles. The van der Waals surface area contributed by atoms with Gasteiger partial charge in [-0.25, -0.2) is 0 Å². The Kier molecular flexibility index (Phi) is 8.19. The van der Waals surface area contributed by atoms with E-state index in [0.717, 1.165) is 62.5 Å². The van der Waals surface area contributed by atoms with Gasteiger partial charge < -0.3 is 10.2 Å². The van der Waals surface area contributed by atoms with Crippen LogP contribution in [0, 0.1) is 0 Å². The normalized spacial score (nSPS) is 11.8. The Morgan fingerprint density at radius 1 is 0.552 bits per heavy atom. The Morgan fingerprint density at radius 3 is 1.17 bits per heavy atom. The lowest BCUT2D eigenvalue weighted by atomic mass is 9.72. The molecule has 2 N–H and O–H groups in total. The van der Waals surface area contributed by atoms with Crippen molar-refractivity contribution in [2.45, 2.75) is 98.3 Å². The van der Waals surface area contributed by atoms with Crippen molar-refractivity contribution in [2.24, 2.45) is 0 Å². The second-order valence-corrected chi connectivity index (χ2v) is 8.90. The molecule has 0 amide bonds. The molecular formula is C27H40O2. The average Bonchev–Trinajstić information content (AvgIpc) is 2.66. The monoisotopic (exact) mass is 396 g/mol. The molecule has 0 saturated carbocycles. The molecule has 0 aliphatic rings. The van der Waals surface area contributed by atoms with Crippen LogP contribution < -0.4 is 0 Å². The lowest BCUT2D eigenvalue weighted by Crippen LogP contribution is -2.24. The van der Waals surface area contributed by atoms with E-state index >= 15 is 0 Å². The van der Waals surface area contributed by atoms with Crippen molar-refractivity contribution in [1.29, 1.82) is 0 Å². The van der Waals surface area contributed by atoms with Crippen LogP contribution in [0.25, 0.3) is 0 Å². The van der Waals surface area contributed by atoms with E-state index < -0.39 is 0 Å². The highest BCUT2D eigenvalue weighted by Gasteiger charge is 2.30. The highest BCUT2D eigenvalue weighted by molar-refractivity contribution is 5.53. The number of phenols is 2. The Balaban J connectivity index is 2.72. The van der Waals surface area contributed by atoms with Crippen LogP contribution in [0.2, 0.25) is 0 Å². The van der Waals surface area contributed by atoms with Crippen LogP contribution in [0.3, 0.4) is 0 Å². The van der Waals surface area contributed by atoms with Crippen LogP contribution in [0.1, 0.15) is 101 Å². The summed E-state index contributed by atoms with van der Waals surface area (Å²) in [5, 5.41) is 21.1. The van der Waals surface area contributed by atoms with Gasteiger partial charge in [-0.1, -0.05) is 79.4 Å². The van der Waals surface area contributed by atoms with Gasteiger partial charge in [0.15, 0.2) is 0 Å². The molecule has 0 atom stereocenters. The van der Waals surface area contributed by atoms with Gasteiger partial charge in [-0.15, -0.1) is 0 Å². The largest absolute Gasteiger partial charge is 0.508 e. The summed E-state index contributed by atoms with van der Waals surface area (Å²) in [7, 11) is 0. The van der Waals surface area contributed by atoms with Crippen molar-refractivity contribution in [3.8, 4) is 11.5 Å². The molecule has 160 valence electrons. The second kappa shape index (κ2) is 10.2. The van der Waals surface area contributed by atoms with Crippen molar-refractivity contribution < 1.29 is 10.2 Å². The van der Waals surface area contributed by atoms with Gasteiger partial charge in [-0.3, -0.25) is 0 Å². The molecule has 2 rings (SSSR count). The molecule has 2 aromatic rings. The van der Waals surface area contributed by atoms with Gasteiger partial charge >= 0.3 is 0 Å². The summed E-state index contributed by atoms with van der Waals surface area (Å²) in [6.45, 7) is 13.3. The van der Waals surface area contributed by atoms with Crippen LogP contribution >= 0.6 is 0 Å². The Bertz CT molecular complexity index is 750. The van der Waals surface area contributed by atoms with Crippen molar-refractivity contribution in [1.82, 2.24) is 0 Å². The highest BCUT2D eigenvalue weighted by Crippen LogP contribution is 2.41. The molecule has 2 aromatic carbocycles. The van der Waals surface area contributed by atoms with Gasteiger partial charge in [0, 0.05) is 5.41 Å². The zero-order valence-electron chi connectivity index (χ0n) is 19.4. The third kappa shape index (κ3) is 5.15. The van der Waals surface area contributed by atoms with Crippen LogP contribution in [0.15, 0.2) is 24.3 Å². The smallest absolute Gasteiger partial charge is 0.119 e. The van der Waals surface area contributed by atoms with E-state index in [1.165, 1.54) is 22.3 Å². The van der Waals surface area contributed by atoms with Crippen LogP contribution in [0.5, 0.6) is 11.5 Å². The molecule has 29 heavy (non-hydrogen) atoms. The Morgan fingerprint density at radius 2 is 0.862 bits per heavy atom. The van der Waals surface area contributed by atoms with Gasteiger partial charge in [0.25, 0.3) is 0 Å². The van der Waals surface area contributed by atoms with E-state index in [4.69, 9.17) is 0 Å². The minimum absolute atomic E-state index is 0.193. The number of rotatable bonds is 10. The Labute approximate surface area is 178 Å². The first-order valence-corrected chi connectivity index (χ1v) is 11.5. The first kappa shape index (κ1) is 23.3. The summed E-state index contributed by atoms with van der Waals surface area (Å²) in [4.78, 5) is 0. The molecule has 0 aromatic heterocycles. The number of hydrogen-bond donors (Lipinski definition) is 2. The Hall–Kier alpha value is -1.96. The topological polar surface area (TPSA) is 40.5 Å².